The van der Waals surface area contributed by atoms with Crippen LogP contribution in [0.15, 0.2) is 97.1 Å². The van der Waals surface area contributed by atoms with Crippen molar-refractivity contribution in [1.29, 1.82) is 0 Å². The van der Waals surface area contributed by atoms with Gasteiger partial charge < -0.3 is 4.74 Å². The zero-order chi connectivity index (χ0) is 25.4. The zero-order valence-corrected chi connectivity index (χ0v) is 21.6. The highest BCUT2D eigenvalue weighted by Gasteiger charge is 2.26. The highest BCUT2D eigenvalue weighted by Crippen LogP contribution is 2.28. The Bertz CT molecular complexity index is 964. The molecule has 2 aromatic rings. The van der Waals surface area contributed by atoms with Gasteiger partial charge in [-0.3, -0.25) is 9.59 Å². The van der Waals surface area contributed by atoms with Crippen molar-refractivity contribution in [2.75, 3.05) is 0 Å². The van der Waals surface area contributed by atoms with Crippen molar-refractivity contribution in [1.82, 2.24) is 0 Å². The molecule has 3 rings (SSSR count). The van der Waals surface area contributed by atoms with Gasteiger partial charge in [0.15, 0.2) is 11.9 Å². The first-order chi connectivity index (χ1) is 17.7. The van der Waals surface area contributed by atoms with E-state index in [0.717, 1.165) is 36.8 Å². The lowest BCUT2D eigenvalue weighted by Gasteiger charge is -2.19. The summed E-state index contributed by atoms with van der Waals surface area (Å²) in [4.78, 5) is 24.9. The van der Waals surface area contributed by atoms with Gasteiger partial charge in [0, 0.05) is 18.3 Å². The number of rotatable bonds is 15. The van der Waals surface area contributed by atoms with Crippen molar-refractivity contribution in [3.05, 3.63) is 108 Å². The molecule has 0 fully saturated rings. The van der Waals surface area contributed by atoms with Gasteiger partial charge in [0.1, 0.15) is 0 Å². The maximum absolute atomic E-state index is 12.6. The number of ether oxygens (including phenoxy) is 1. The highest BCUT2D eigenvalue weighted by molar-refractivity contribution is 5.95. The maximum atomic E-state index is 12.6. The van der Waals surface area contributed by atoms with Crippen LogP contribution >= 0.6 is 0 Å². The molecule has 0 heterocycles. The Morgan fingerprint density at radius 1 is 0.861 bits per heavy atom. The first-order valence-corrected chi connectivity index (χ1v) is 13.5. The van der Waals surface area contributed by atoms with Crippen LogP contribution in [0.4, 0.5) is 0 Å². The molecule has 36 heavy (non-hydrogen) atoms. The van der Waals surface area contributed by atoms with Crippen LogP contribution in [-0.2, 0) is 14.3 Å². The summed E-state index contributed by atoms with van der Waals surface area (Å²) in [5.74, 6) is 0.240. The molecule has 0 amide bonds. The van der Waals surface area contributed by atoms with Gasteiger partial charge >= 0.3 is 5.97 Å². The minimum absolute atomic E-state index is 0.00982. The third-order valence-electron chi connectivity index (χ3n) is 6.66. The molecule has 0 bridgehead atoms. The second kappa shape index (κ2) is 15.7. The third-order valence-corrected chi connectivity index (χ3v) is 6.66. The first-order valence-electron chi connectivity index (χ1n) is 13.5. The number of benzene rings is 2. The van der Waals surface area contributed by atoms with Gasteiger partial charge in [-0.1, -0.05) is 117 Å². The molecule has 1 aliphatic rings. The Labute approximate surface area is 217 Å². The smallest absolute Gasteiger partial charge is 0.306 e. The fourth-order valence-electron chi connectivity index (χ4n) is 4.57. The molecule has 0 saturated heterocycles. The van der Waals surface area contributed by atoms with E-state index in [2.05, 4.69) is 31.2 Å². The Morgan fingerprint density at radius 3 is 2.19 bits per heavy atom. The summed E-state index contributed by atoms with van der Waals surface area (Å²) in [5.41, 5.74) is 1.94. The summed E-state index contributed by atoms with van der Waals surface area (Å²) in [5, 5.41) is 0. The number of carbonyl (C=O) groups is 2. The summed E-state index contributed by atoms with van der Waals surface area (Å²) in [6, 6.07) is 19.7. The third kappa shape index (κ3) is 9.11. The molecule has 2 atom stereocenters. The van der Waals surface area contributed by atoms with E-state index in [-0.39, 0.29) is 23.6 Å². The topological polar surface area (TPSA) is 43.4 Å². The lowest BCUT2D eigenvalue weighted by atomic mass is 9.90. The predicted molar refractivity (Wildman–Crippen MR) is 147 cm³/mol. The van der Waals surface area contributed by atoms with Crippen LogP contribution in [0.3, 0.4) is 0 Å². The van der Waals surface area contributed by atoms with Gasteiger partial charge in [-0.15, -0.1) is 0 Å². The Hall–Kier alpha value is -3.20. The van der Waals surface area contributed by atoms with E-state index in [1.165, 1.54) is 25.7 Å². The normalized spacial score (nSPS) is 17.6. The summed E-state index contributed by atoms with van der Waals surface area (Å²) < 4.78 is 5.88. The van der Waals surface area contributed by atoms with Crippen LogP contribution in [0.5, 0.6) is 0 Å². The summed E-state index contributed by atoms with van der Waals surface area (Å²) in [6.45, 7) is 2.22. The van der Waals surface area contributed by atoms with E-state index in [0.29, 0.717) is 6.42 Å². The molecule has 0 saturated carbocycles. The minimum Gasteiger partial charge on any atom is -0.453 e. The highest BCUT2D eigenvalue weighted by atomic mass is 16.5. The van der Waals surface area contributed by atoms with E-state index < -0.39 is 6.10 Å². The fraction of sp³-hybridized carbons (Fsp3) is 0.394. The molecule has 3 heteroatoms. The zero-order valence-electron chi connectivity index (χ0n) is 21.6. The molecule has 0 spiro atoms. The average molecular weight is 485 g/mol. The largest absolute Gasteiger partial charge is 0.453 e. The monoisotopic (exact) mass is 484 g/mol. The second-order valence-electron chi connectivity index (χ2n) is 9.51. The van der Waals surface area contributed by atoms with E-state index in [9.17, 15) is 9.59 Å². The van der Waals surface area contributed by atoms with Gasteiger partial charge in [-0.05, 0) is 49.3 Å². The quantitative estimate of drug-likeness (QED) is 0.145. The number of carbonyl (C=O) groups excluding carboxylic acids is 2. The lowest BCUT2D eigenvalue weighted by molar-refractivity contribution is -0.147. The Kier molecular flexibility index (Phi) is 12.0. The molecular weight excluding hydrogens is 444 g/mol. The number of hydrogen-bond acceptors (Lipinski definition) is 3. The van der Waals surface area contributed by atoms with Crippen LogP contribution in [0.25, 0.3) is 0 Å². The number of allylic oxidation sites excluding steroid dienone is 6. The maximum Gasteiger partial charge on any atom is 0.306 e. The summed E-state index contributed by atoms with van der Waals surface area (Å²) in [7, 11) is 0. The van der Waals surface area contributed by atoms with Gasteiger partial charge in [0.05, 0.1) is 0 Å². The van der Waals surface area contributed by atoms with E-state index >= 15 is 0 Å². The van der Waals surface area contributed by atoms with E-state index in [4.69, 9.17) is 4.74 Å². The lowest BCUT2D eigenvalue weighted by Crippen LogP contribution is -2.13. The van der Waals surface area contributed by atoms with Crippen LogP contribution in [0.2, 0.25) is 0 Å². The van der Waals surface area contributed by atoms with Crippen LogP contribution in [0.1, 0.15) is 81.9 Å². The SMILES string of the molecule is CCCCCC/C=C/[C@H]1C=CC(=O)[C@@H]1C/C=C\CCCC(=O)OC(c1ccccc1)c1ccccc1. The molecule has 3 nitrogen and oxygen atoms in total. The standard InChI is InChI=1S/C33H40O3/c1-2-3-4-5-6-11-18-27-25-26-31(34)30(27)23-16-7-8-17-24-32(35)36-33(28-19-12-9-13-20-28)29-21-14-10-15-22-29/h7,9-16,18-22,25-27,30,33H,2-6,8,17,23-24H2,1H3/b16-7-,18-11+/t27-,30+/m0/s1. The predicted octanol–water partition coefficient (Wildman–Crippen LogP) is 8.33. The van der Waals surface area contributed by atoms with Crippen LogP contribution in [0, 0.1) is 11.8 Å². The molecule has 1 aliphatic carbocycles. The van der Waals surface area contributed by atoms with E-state index in [1.54, 1.807) is 6.08 Å². The van der Waals surface area contributed by atoms with Crippen molar-refractivity contribution in [2.45, 2.75) is 70.8 Å². The molecular formula is C33H40O3. The Balaban J connectivity index is 1.40. The number of unbranched alkanes of at least 4 members (excludes halogenated alkanes) is 5. The van der Waals surface area contributed by atoms with Gasteiger partial charge in [-0.25, -0.2) is 0 Å². The van der Waals surface area contributed by atoms with Crippen molar-refractivity contribution < 1.29 is 14.3 Å². The van der Waals surface area contributed by atoms with E-state index in [1.807, 2.05) is 66.7 Å². The summed E-state index contributed by atoms with van der Waals surface area (Å²) >= 11 is 0. The van der Waals surface area contributed by atoms with Crippen LogP contribution in [-0.4, -0.2) is 11.8 Å². The fourth-order valence-corrected chi connectivity index (χ4v) is 4.57. The molecule has 0 N–H and O–H groups in total. The number of hydrogen-bond donors (Lipinski definition) is 0. The molecule has 0 radical (unpaired) electrons. The van der Waals surface area contributed by atoms with Gasteiger partial charge in [0.25, 0.3) is 0 Å². The van der Waals surface area contributed by atoms with Gasteiger partial charge in [0.2, 0.25) is 0 Å². The second-order valence-corrected chi connectivity index (χ2v) is 9.51. The average Bonchev–Trinajstić information content (AvgIpc) is 3.26. The van der Waals surface area contributed by atoms with Gasteiger partial charge in [-0.2, -0.15) is 0 Å². The number of esters is 1. The number of ketones is 1. The Morgan fingerprint density at radius 2 is 1.53 bits per heavy atom. The van der Waals surface area contributed by atoms with Crippen molar-refractivity contribution in [3.8, 4) is 0 Å². The van der Waals surface area contributed by atoms with Crippen molar-refractivity contribution >= 4 is 11.8 Å². The molecule has 190 valence electrons. The molecule has 0 aromatic heterocycles. The molecule has 0 aliphatic heterocycles. The molecule has 0 unspecified atom stereocenters. The van der Waals surface area contributed by atoms with Crippen molar-refractivity contribution in [3.63, 3.8) is 0 Å². The first kappa shape index (κ1) is 27.4. The van der Waals surface area contributed by atoms with Crippen molar-refractivity contribution in [2.24, 2.45) is 11.8 Å². The van der Waals surface area contributed by atoms with Crippen LogP contribution < -0.4 is 0 Å². The molecule has 2 aromatic carbocycles. The summed E-state index contributed by atoms with van der Waals surface area (Å²) in [6.07, 6.45) is 20.8. The minimum atomic E-state index is -0.395.